The lowest BCUT2D eigenvalue weighted by Gasteiger charge is -2.36. The molecule has 5 nitrogen and oxygen atoms in total. The molecule has 2 aliphatic rings. The van der Waals surface area contributed by atoms with E-state index in [4.69, 9.17) is 4.74 Å². The van der Waals surface area contributed by atoms with Gasteiger partial charge in [0.25, 0.3) is 0 Å². The fraction of sp³-hybridized carbons (Fsp3) is 0.290. The summed E-state index contributed by atoms with van der Waals surface area (Å²) in [6, 6.07) is 23.5. The van der Waals surface area contributed by atoms with E-state index in [-0.39, 0.29) is 23.5 Å². The number of fused-ring (bicyclic) bond motifs is 1. The summed E-state index contributed by atoms with van der Waals surface area (Å²) in [5.74, 6) is 0.636. The summed E-state index contributed by atoms with van der Waals surface area (Å²) in [5, 5.41) is 3.61. The molecule has 36 heavy (non-hydrogen) atoms. The van der Waals surface area contributed by atoms with Crippen LogP contribution in [0.25, 0.3) is 0 Å². The van der Waals surface area contributed by atoms with Gasteiger partial charge in [0, 0.05) is 23.6 Å². The summed E-state index contributed by atoms with van der Waals surface area (Å²) in [6.07, 6.45) is 1.12. The molecule has 0 spiro atoms. The van der Waals surface area contributed by atoms with E-state index >= 15 is 0 Å². The van der Waals surface area contributed by atoms with Gasteiger partial charge >= 0.3 is 0 Å². The van der Waals surface area contributed by atoms with Gasteiger partial charge in [0.2, 0.25) is 5.91 Å². The summed E-state index contributed by atoms with van der Waals surface area (Å²) in [4.78, 5) is 29.6. The number of aryl methyl sites for hydroxylation is 1. The van der Waals surface area contributed by atoms with Crippen molar-refractivity contribution in [2.24, 2.45) is 5.92 Å². The maximum absolute atomic E-state index is 14.0. The number of carbonyl (C=O) groups is 2. The fourth-order valence-corrected chi connectivity index (χ4v) is 5.33. The van der Waals surface area contributed by atoms with Crippen molar-refractivity contribution in [2.75, 3.05) is 17.3 Å². The Hall–Kier alpha value is -3.86. The topological polar surface area (TPSA) is 58.6 Å². The number of carbonyl (C=O) groups excluding carboxylic acids is 2. The summed E-state index contributed by atoms with van der Waals surface area (Å²) in [7, 11) is 1.63. The monoisotopic (exact) mass is 480 g/mol. The van der Waals surface area contributed by atoms with Crippen LogP contribution in [0.3, 0.4) is 0 Å². The number of hydrogen-bond donors (Lipinski definition) is 1. The SMILES string of the molecule is COc1ccc([C@H]2C3=C(C[C@H](c4ccccc4)CC3=O)Nc3ccc(C)cc3N2C(=O)C(C)C)cc1. The van der Waals surface area contributed by atoms with E-state index < -0.39 is 6.04 Å². The van der Waals surface area contributed by atoms with E-state index in [1.54, 1.807) is 7.11 Å². The smallest absolute Gasteiger partial charge is 0.230 e. The Bertz CT molecular complexity index is 1330. The fourth-order valence-electron chi connectivity index (χ4n) is 5.33. The number of allylic oxidation sites excluding steroid dienone is 1. The molecule has 1 N–H and O–H groups in total. The molecule has 3 aromatic rings. The minimum Gasteiger partial charge on any atom is -0.497 e. The maximum atomic E-state index is 14.0. The first-order chi connectivity index (χ1) is 17.4. The van der Waals surface area contributed by atoms with Gasteiger partial charge < -0.3 is 10.1 Å². The van der Waals surface area contributed by atoms with E-state index in [9.17, 15) is 9.59 Å². The molecule has 2 atom stereocenters. The number of anilines is 2. The van der Waals surface area contributed by atoms with E-state index in [2.05, 4.69) is 17.4 Å². The highest BCUT2D eigenvalue weighted by Gasteiger charge is 2.42. The highest BCUT2D eigenvalue weighted by Crippen LogP contribution is 2.48. The Morgan fingerprint density at radius 1 is 0.972 bits per heavy atom. The molecule has 0 saturated carbocycles. The first-order valence-electron chi connectivity index (χ1n) is 12.5. The lowest BCUT2D eigenvalue weighted by atomic mass is 9.78. The van der Waals surface area contributed by atoms with Crippen LogP contribution in [0.1, 0.15) is 55.3 Å². The zero-order chi connectivity index (χ0) is 25.4. The highest BCUT2D eigenvalue weighted by atomic mass is 16.5. The predicted octanol–water partition coefficient (Wildman–Crippen LogP) is 6.56. The van der Waals surface area contributed by atoms with Crippen LogP contribution in [0.15, 0.2) is 84.1 Å². The third-order valence-corrected chi connectivity index (χ3v) is 7.17. The number of benzene rings is 3. The third-order valence-electron chi connectivity index (χ3n) is 7.17. The van der Waals surface area contributed by atoms with E-state index in [1.165, 1.54) is 0 Å². The number of nitrogens with one attached hydrogen (secondary N) is 1. The van der Waals surface area contributed by atoms with Gasteiger partial charge in [0.1, 0.15) is 5.75 Å². The summed E-state index contributed by atoms with van der Waals surface area (Å²) in [6.45, 7) is 5.84. The molecule has 3 aromatic carbocycles. The lowest BCUT2D eigenvalue weighted by Crippen LogP contribution is -2.40. The molecule has 0 unspecified atom stereocenters. The van der Waals surface area contributed by atoms with E-state index in [0.717, 1.165) is 39.5 Å². The minimum atomic E-state index is -0.527. The second kappa shape index (κ2) is 9.65. The maximum Gasteiger partial charge on any atom is 0.230 e. The Balaban J connectivity index is 1.73. The number of amides is 1. The zero-order valence-electron chi connectivity index (χ0n) is 21.2. The van der Waals surface area contributed by atoms with Gasteiger partial charge in [-0.1, -0.05) is 62.4 Å². The van der Waals surface area contributed by atoms with Crippen molar-refractivity contribution < 1.29 is 14.3 Å². The molecule has 0 radical (unpaired) electrons. The molecular weight excluding hydrogens is 448 g/mol. The molecule has 1 amide bonds. The van der Waals surface area contributed by atoms with Crippen molar-refractivity contribution in [3.63, 3.8) is 0 Å². The summed E-state index contributed by atoms with van der Waals surface area (Å²) < 4.78 is 5.38. The predicted molar refractivity (Wildman–Crippen MR) is 143 cm³/mol. The first kappa shape index (κ1) is 23.9. The molecule has 0 saturated heterocycles. The molecule has 1 aliphatic heterocycles. The van der Waals surface area contributed by atoms with Gasteiger partial charge in [-0.15, -0.1) is 0 Å². The van der Waals surface area contributed by atoms with Gasteiger partial charge in [-0.2, -0.15) is 0 Å². The highest BCUT2D eigenvalue weighted by molar-refractivity contribution is 6.07. The molecule has 0 aromatic heterocycles. The van der Waals surface area contributed by atoms with Crippen LogP contribution in [0.4, 0.5) is 11.4 Å². The Kier molecular flexibility index (Phi) is 6.40. The Morgan fingerprint density at radius 2 is 1.69 bits per heavy atom. The summed E-state index contributed by atoms with van der Waals surface area (Å²) >= 11 is 0. The third kappa shape index (κ3) is 4.30. The molecule has 1 aliphatic carbocycles. The number of rotatable bonds is 4. The van der Waals surface area contributed by atoms with Crippen LogP contribution in [0.2, 0.25) is 0 Å². The molecule has 5 heteroatoms. The number of ether oxygens (including phenoxy) is 1. The number of nitrogens with zero attached hydrogens (tertiary/aromatic N) is 1. The zero-order valence-corrected chi connectivity index (χ0v) is 21.2. The van der Waals surface area contributed by atoms with Crippen LogP contribution in [0.5, 0.6) is 5.75 Å². The minimum absolute atomic E-state index is 0.0174. The van der Waals surface area contributed by atoms with Crippen LogP contribution in [-0.4, -0.2) is 18.8 Å². The van der Waals surface area contributed by atoms with E-state index in [0.29, 0.717) is 18.4 Å². The molecule has 0 fully saturated rings. The largest absolute Gasteiger partial charge is 0.497 e. The van der Waals surface area contributed by atoms with Crippen molar-refractivity contribution >= 4 is 23.1 Å². The average molecular weight is 481 g/mol. The van der Waals surface area contributed by atoms with Crippen molar-refractivity contribution in [1.29, 1.82) is 0 Å². The normalized spacial score (nSPS) is 19.4. The molecule has 184 valence electrons. The van der Waals surface area contributed by atoms with Crippen LogP contribution < -0.4 is 15.0 Å². The molecular formula is C31H32N2O3. The van der Waals surface area contributed by atoms with Crippen LogP contribution in [-0.2, 0) is 9.59 Å². The van der Waals surface area contributed by atoms with Gasteiger partial charge in [-0.05, 0) is 60.2 Å². The molecule has 1 heterocycles. The quantitative estimate of drug-likeness (QED) is 0.459. The van der Waals surface area contributed by atoms with Gasteiger partial charge in [0.05, 0.1) is 24.5 Å². The van der Waals surface area contributed by atoms with E-state index in [1.807, 2.05) is 86.3 Å². The second-order valence-electron chi connectivity index (χ2n) is 10.0. The molecule has 0 bridgehead atoms. The Labute approximate surface area is 212 Å². The number of hydrogen-bond acceptors (Lipinski definition) is 4. The lowest BCUT2D eigenvalue weighted by molar-refractivity contribution is -0.121. The number of methoxy groups -OCH3 is 1. The number of Topliss-reactive ketones (excluding diaryl/α,β-unsaturated/α-hetero) is 1. The van der Waals surface area contributed by atoms with Crippen LogP contribution >= 0.6 is 0 Å². The van der Waals surface area contributed by atoms with Crippen molar-refractivity contribution in [3.05, 3.63) is 101 Å². The van der Waals surface area contributed by atoms with Crippen molar-refractivity contribution in [1.82, 2.24) is 0 Å². The van der Waals surface area contributed by atoms with Gasteiger partial charge in [-0.25, -0.2) is 0 Å². The van der Waals surface area contributed by atoms with Crippen molar-refractivity contribution in [2.45, 2.75) is 45.6 Å². The van der Waals surface area contributed by atoms with Crippen molar-refractivity contribution in [3.8, 4) is 5.75 Å². The summed E-state index contributed by atoms with van der Waals surface area (Å²) in [5.41, 5.74) is 6.32. The Morgan fingerprint density at radius 3 is 2.36 bits per heavy atom. The standard InChI is InChI=1S/C31H32N2O3/c1-19(2)31(35)33-27-16-20(3)10-15-25(27)32-26-17-23(21-8-6-5-7-9-21)18-28(34)29(26)30(33)22-11-13-24(36-4)14-12-22/h5-16,19,23,30,32H,17-18H2,1-4H3/t23-,30-/m0/s1. The molecule has 5 rings (SSSR count). The first-order valence-corrected chi connectivity index (χ1v) is 12.5. The number of ketones is 1. The second-order valence-corrected chi connectivity index (χ2v) is 10.0. The van der Waals surface area contributed by atoms with Gasteiger partial charge in [-0.3, -0.25) is 14.5 Å². The average Bonchev–Trinajstić information content (AvgIpc) is 3.03. The van der Waals surface area contributed by atoms with Crippen LogP contribution in [0, 0.1) is 12.8 Å². The van der Waals surface area contributed by atoms with Gasteiger partial charge in [0.15, 0.2) is 5.78 Å².